The zero-order valence-electron chi connectivity index (χ0n) is 12.9. The van der Waals surface area contributed by atoms with Gasteiger partial charge in [-0.15, -0.1) is 0 Å². The lowest BCUT2D eigenvalue weighted by Crippen LogP contribution is -2.19. The van der Waals surface area contributed by atoms with E-state index < -0.39 is 44.0 Å². The highest BCUT2D eigenvalue weighted by atomic mass is 32.2. The molecule has 0 fully saturated rings. The van der Waals surface area contributed by atoms with Gasteiger partial charge in [-0.1, -0.05) is 6.07 Å². The van der Waals surface area contributed by atoms with Crippen molar-refractivity contribution < 1.29 is 35.1 Å². The third-order valence-electron chi connectivity index (χ3n) is 2.90. The molecular formula is C15H12F5NO3S. The van der Waals surface area contributed by atoms with Gasteiger partial charge >= 0.3 is 0 Å². The quantitative estimate of drug-likeness (QED) is 0.484. The maximum absolute atomic E-state index is 13.7. The summed E-state index contributed by atoms with van der Waals surface area (Å²) in [4.78, 5) is -1.96. The van der Waals surface area contributed by atoms with Crippen LogP contribution in [0.25, 0.3) is 0 Å². The first-order chi connectivity index (χ1) is 11.5. The van der Waals surface area contributed by atoms with Crippen LogP contribution in [0.15, 0.2) is 29.2 Å². The molecule has 0 aromatic heterocycles. The van der Waals surface area contributed by atoms with Crippen molar-refractivity contribution in [2.45, 2.75) is 24.8 Å². The third kappa shape index (κ3) is 3.84. The molecule has 0 aliphatic heterocycles. The van der Waals surface area contributed by atoms with Gasteiger partial charge in [0.15, 0.2) is 28.2 Å². The van der Waals surface area contributed by atoms with Crippen molar-refractivity contribution in [3.05, 3.63) is 53.4 Å². The fraction of sp³-hybridized carbons (Fsp3) is 0.200. The lowest BCUT2D eigenvalue weighted by atomic mass is 10.3. The molecule has 0 aliphatic carbocycles. The predicted octanol–water partition coefficient (Wildman–Crippen LogP) is 3.97. The molecule has 0 saturated heterocycles. The van der Waals surface area contributed by atoms with Gasteiger partial charge in [-0.25, -0.2) is 30.4 Å². The number of nitrogens with one attached hydrogen (secondary N) is 1. The van der Waals surface area contributed by atoms with E-state index >= 15 is 0 Å². The minimum Gasteiger partial charge on any atom is -0.491 e. The van der Waals surface area contributed by atoms with Gasteiger partial charge in [0.2, 0.25) is 5.82 Å². The number of hydrogen-bond donors (Lipinski definition) is 1. The van der Waals surface area contributed by atoms with E-state index in [1.165, 1.54) is 24.3 Å². The number of rotatable bonds is 5. The van der Waals surface area contributed by atoms with Gasteiger partial charge in [0.05, 0.1) is 11.8 Å². The van der Waals surface area contributed by atoms with Crippen LogP contribution in [0.3, 0.4) is 0 Å². The predicted molar refractivity (Wildman–Crippen MR) is 79.2 cm³/mol. The smallest absolute Gasteiger partial charge is 0.267 e. The van der Waals surface area contributed by atoms with Gasteiger partial charge in [0, 0.05) is 6.07 Å². The molecule has 0 aliphatic rings. The zero-order valence-corrected chi connectivity index (χ0v) is 13.7. The van der Waals surface area contributed by atoms with E-state index in [0.29, 0.717) is 0 Å². The first-order valence-corrected chi connectivity index (χ1v) is 8.34. The minimum absolute atomic E-state index is 0.179. The van der Waals surface area contributed by atoms with E-state index in [9.17, 15) is 30.4 Å². The van der Waals surface area contributed by atoms with Crippen molar-refractivity contribution in [2.75, 3.05) is 4.72 Å². The minimum atomic E-state index is -5.08. The highest BCUT2D eigenvalue weighted by Crippen LogP contribution is 2.29. The summed E-state index contributed by atoms with van der Waals surface area (Å²) in [6.45, 7) is 3.43. The van der Waals surface area contributed by atoms with Crippen molar-refractivity contribution in [2.24, 2.45) is 0 Å². The van der Waals surface area contributed by atoms with Gasteiger partial charge in [-0.3, -0.25) is 4.72 Å². The van der Waals surface area contributed by atoms with Gasteiger partial charge in [0.25, 0.3) is 10.0 Å². The normalized spacial score (nSPS) is 11.7. The maximum atomic E-state index is 13.7. The molecule has 0 atom stereocenters. The number of halogens is 5. The Kier molecular flexibility index (Phi) is 5.21. The summed E-state index contributed by atoms with van der Waals surface area (Å²) in [5, 5.41) is 0. The average molecular weight is 381 g/mol. The lowest BCUT2D eigenvalue weighted by molar-refractivity contribution is 0.242. The number of ether oxygens (including phenoxy) is 1. The van der Waals surface area contributed by atoms with Crippen LogP contribution in [0.5, 0.6) is 5.75 Å². The van der Waals surface area contributed by atoms with E-state index in [2.05, 4.69) is 0 Å². The molecule has 2 rings (SSSR count). The number of anilines is 1. The van der Waals surface area contributed by atoms with E-state index in [4.69, 9.17) is 4.74 Å². The topological polar surface area (TPSA) is 55.4 Å². The molecule has 1 N–H and O–H groups in total. The number of hydrogen-bond acceptors (Lipinski definition) is 3. The van der Waals surface area contributed by atoms with Gasteiger partial charge in [-0.05, 0) is 26.0 Å². The summed E-state index contributed by atoms with van der Waals surface area (Å²) in [5.41, 5.74) is -0.179. The molecule has 136 valence electrons. The molecule has 0 heterocycles. The molecular weight excluding hydrogens is 369 g/mol. The summed E-state index contributed by atoms with van der Waals surface area (Å²) in [5.74, 6) is -11.8. The number of benzene rings is 2. The summed E-state index contributed by atoms with van der Waals surface area (Å²) < 4.78 is 98.1. The van der Waals surface area contributed by atoms with Crippen molar-refractivity contribution in [1.29, 1.82) is 0 Å². The van der Waals surface area contributed by atoms with Crippen molar-refractivity contribution >= 4 is 15.7 Å². The maximum Gasteiger partial charge on any atom is 0.267 e. The number of sulfonamides is 1. The summed E-state index contributed by atoms with van der Waals surface area (Å²) in [6, 6.07) is 5.30. The monoisotopic (exact) mass is 381 g/mol. The molecule has 10 heteroatoms. The Balaban J connectivity index is 2.48. The molecule has 2 aromatic carbocycles. The Morgan fingerprint density at radius 3 is 1.96 bits per heavy atom. The molecule has 0 unspecified atom stereocenters. The molecule has 0 radical (unpaired) electrons. The van der Waals surface area contributed by atoms with E-state index in [0.717, 1.165) is 0 Å². The van der Waals surface area contributed by atoms with Crippen molar-refractivity contribution in [1.82, 2.24) is 0 Å². The second-order valence-electron chi connectivity index (χ2n) is 5.20. The van der Waals surface area contributed by atoms with Crippen LogP contribution in [0, 0.1) is 29.1 Å². The van der Waals surface area contributed by atoms with E-state index in [-0.39, 0.29) is 17.5 Å². The fourth-order valence-electron chi connectivity index (χ4n) is 1.93. The van der Waals surface area contributed by atoms with Gasteiger partial charge in [0.1, 0.15) is 5.75 Å². The van der Waals surface area contributed by atoms with Gasteiger partial charge in [-0.2, -0.15) is 0 Å². The molecule has 0 spiro atoms. The Hall–Kier alpha value is -2.36. The van der Waals surface area contributed by atoms with E-state index in [1.807, 2.05) is 0 Å². The van der Waals surface area contributed by atoms with E-state index in [1.54, 1.807) is 18.6 Å². The van der Waals surface area contributed by atoms with Crippen LogP contribution < -0.4 is 9.46 Å². The fourth-order valence-corrected chi connectivity index (χ4v) is 3.12. The Bertz CT molecular complexity index is 887. The highest BCUT2D eigenvalue weighted by molar-refractivity contribution is 7.92. The van der Waals surface area contributed by atoms with Crippen LogP contribution in [0.2, 0.25) is 0 Å². The lowest BCUT2D eigenvalue weighted by Gasteiger charge is -2.13. The van der Waals surface area contributed by atoms with Crippen LogP contribution in [-0.2, 0) is 10.0 Å². The molecule has 2 aromatic rings. The second-order valence-corrected chi connectivity index (χ2v) is 6.82. The summed E-state index contributed by atoms with van der Waals surface area (Å²) in [6.07, 6.45) is -0.234. The van der Waals surface area contributed by atoms with Gasteiger partial charge < -0.3 is 4.74 Å². The first kappa shape index (κ1) is 19.0. The molecule has 0 saturated carbocycles. The summed E-state index contributed by atoms with van der Waals surface area (Å²) in [7, 11) is -5.08. The molecule has 4 nitrogen and oxygen atoms in total. The van der Waals surface area contributed by atoms with Crippen LogP contribution in [-0.4, -0.2) is 14.5 Å². The molecule has 0 bridgehead atoms. The SMILES string of the molecule is CC(C)Oc1cccc(NS(=O)(=O)c2c(F)c(F)c(F)c(F)c2F)c1. The molecule has 25 heavy (non-hydrogen) atoms. The largest absolute Gasteiger partial charge is 0.491 e. The average Bonchev–Trinajstić information content (AvgIpc) is 2.50. The standard InChI is InChI=1S/C15H12F5NO3S/c1-7(2)24-9-5-3-4-8(6-9)21-25(22,23)15-13(19)11(17)10(16)12(18)14(15)20/h3-7,21H,1-2H3. The van der Waals surface area contributed by atoms with Crippen molar-refractivity contribution in [3.63, 3.8) is 0 Å². The van der Waals surface area contributed by atoms with Crippen LogP contribution in [0.1, 0.15) is 13.8 Å². The first-order valence-electron chi connectivity index (χ1n) is 6.85. The Morgan fingerprint density at radius 2 is 1.44 bits per heavy atom. The molecule has 0 amide bonds. The zero-order chi connectivity index (χ0) is 18.9. The second kappa shape index (κ2) is 6.87. The third-order valence-corrected chi connectivity index (χ3v) is 4.30. The highest BCUT2D eigenvalue weighted by Gasteiger charge is 2.33. The summed E-state index contributed by atoms with van der Waals surface area (Å²) >= 11 is 0. The van der Waals surface area contributed by atoms with Crippen molar-refractivity contribution in [3.8, 4) is 5.75 Å². The Morgan fingerprint density at radius 1 is 0.920 bits per heavy atom. The van der Waals surface area contributed by atoms with Crippen LogP contribution >= 0.6 is 0 Å². The Labute approximate surface area is 140 Å². The van der Waals surface area contributed by atoms with Crippen LogP contribution in [0.4, 0.5) is 27.6 Å².